The normalized spacial score (nSPS) is 24.7. The number of carboxylic acids is 2. The van der Waals surface area contributed by atoms with E-state index >= 15 is 0 Å². The van der Waals surface area contributed by atoms with Gasteiger partial charge in [-0.1, -0.05) is 92.9 Å². The molecule has 15 atom stereocenters. The number of amides is 4. The molecule has 0 saturated carbocycles. The Hall–Kier alpha value is -5.83. The average Bonchev–Trinajstić information content (AvgIpc) is 4.16. The molecule has 2 saturated heterocycles. The van der Waals surface area contributed by atoms with E-state index in [2.05, 4.69) is 56.1 Å². The van der Waals surface area contributed by atoms with Gasteiger partial charge >= 0.3 is 29.6 Å². The monoisotopic (exact) mass is 1180 g/mol. The van der Waals surface area contributed by atoms with Crippen molar-refractivity contribution in [1.29, 1.82) is 0 Å². The second-order valence-corrected chi connectivity index (χ2v) is 22.3. The fourth-order valence-electron chi connectivity index (χ4n) is 10.0. The van der Waals surface area contributed by atoms with Crippen LogP contribution in [0, 0.1) is 17.8 Å². The number of H-pyrrole nitrogens is 1. The largest absolute Gasteiger partial charge is 0.480 e. The zero-order valence-corrected chi connectivity index (χ0v) is 48.7. The van der Waals surface area contributed by atoms with Gasteiger partial charge in [-0.2, -0.15) is 0 Å². The lowest BCUT2D eigenvalue weighted by atomic mass is 9.96. The first-order valence-corrected chi connectivity index (χ1v) is 28.8. The Morgan fingerprint density at radius 1 is 0.807 bits per heavy atom. The number of methoxy groups -OCH3 is 1. The molecule has 83 heavy (non-hydrogen) atoms. The number of carbonyl (C=O) groups is 6. The number of nitrogens with one attached hydrogen (secondary N) is 8. The van der Waals surface area contributed by atoms with Crippen LogP contribution in [0.1, 0.15) is 125 Å². The number of unbranched alkanes of at least 4 members (excludes halogenated alkanes) is 7. The fourth-order valence-corrected chi connectivity index (χ4v) is 10.0. The molecule has 3 aliphatic rings. The van der Waals surface area contributed by atoms with Crippen molar-refractivity contribution in [2.45, 2.75) is 210 Å². The van der Waals surface area contributed by atoms with E-state index in [9.17, 15) is 63.9 Å². The highest BCUT2D eigenvalue weighted by atomic mass is 16.7. The lowest BCUT2D eigenvalue weighted by molar-refractivity contribution is -0.231. The van der Waals surface area contributed by atoms with Gasteiger partial charge in [0.15, 0.2) is 18.5 Å². The summed E-state index contributed by atoms with van der Waals surface area (Å²) in [4.78, 5) is 111. The van der Waals surface area contributed by atoms with Gasteiger partial charge in [0.1, 0.15) is 73.0 Å². The molecule has 4 amide bonds. The quantitative estimate of drug-likeness (QED) is 0.0190. The number of urea groups is 1. The van der Waals surface area contributed by atoms with Gasteiger partial charge in [0.25, 0.3) is 5.56 Å². The van der Waals surface area contributed by atoms with Crippen LogP contribution in [0.5, 0.6) is 0 Å². The smallest absolute Gasteiger partial charge is 0.330 e. The SMILES string of the molecule is CO[C@H]1[C@H](OC(C(NCNCCCNC(=O)[C@@H](NC(=O)[C@@H](NC(=O)N[C@H](C(=O)O)C(C)C)[C@@H]2CCN=C(N)N2)[C@H](OC(=O)CCCCCCCCCCC(C)C)C(C)C)C(=O)O)C2O[C@@H](n3ccc(=O)[nH]c3=O)[C@H](O)[C@@H]2O)O[C@H](CN)[C@H]1O. The number of aliphatic carboxylic acids is 2. The van der Waals surface area contributed by atoms with Crippen LogP contribution in [0.4, 0.5) is 4.79 Å². The molecule has 472 valence electrons. The zero-order valence-electron chi connectivity index (χ0n) is 48.7. The number of carbonyl (C=O) groups excluding carboxylic acids is 4. The summed E-state index contributed by atoms with van der Waals surface area (Å²) in [5, 5.41) is 72.6. The number of aliphatic hydroxyl groups excluding tert-OH is 3. The van der Waals surface area contributed by atoms with Gasteiger partial charge < -0.3 is 92.6 Å². The summed E-state index contributed by atoms with van der Waals surface area (Å²) in [5.41, 5.74) is 10.0. The third-order valence-corrected chi connectivity index (χ3v) is 14.7. The van der Waals surface area contributed by atoms with E-state index in [0.29, 0.717) is 12.3 Å². The molecule has 0 aromatic carbocycles. The minimum atomic E-state index is -1.90. The Morgan fingerprint density at radius 2 is 1.47 bits per heavy atom. The lowest BCUT2D eigenvalue weighted by Gasteiger charge is -2.34. The van der Waals surface area contributed by atoms with E-state index in [4.69, 9.17) is 35.2 Å². The van der Waals surface area contributed by atoms with Gasteiger partial charge in [0.2, 0.25) is 11.8 Å². The van der Waals surface area contributed by atoms with Crippen LogP contribution in [-0.4, -0.2) is 202 Å². The first kappa shape index (κ1) is 69.7. The van der Waals surface area contributed by atoms with E-state index < -0.39 is 150 Å². The minimum absolute atomic E-state index is 0.0225. The molecule has 2 fully saturated rings. The number of rotatable bonds is 37. The molecule has 4 rings (SSSR count). The maximum Gasteiger partial charge on any atom is 0.330 e. The van der Waals surface area contributed by atoms with Crippen molar-refractivity contribution in [3.63, 3.8) is 0 Å². The summed E-state index contributed by atoms with van der Waals surface area (Å²) in [7, 11) is 1.24. The summed E-state index contributed by atoms with van der Waals surface area (Å²) in [6.45, 7) is 10.8. The number of nitrogens with two attached hydrogens (primary N) is 2. The third kappa shape index (κ3) is 21.3. The van der Waals surface area contributed by atoms with Crippen LogP contribution in [0.25, 0.3) is 0 Å². The lowest BCUT2D eigenvalue weighted by Crippen LogP contribution is -2.66. The number of nitrogens with zero attached hydrogens (tertiary/aromatic N) is 2. The van der Waals surface area contributed by atoms with E-state index in [1.165, 1.54) is 26.4 Å². The second-order valence-electron chi connectivity index (χ2n) is 22.3. The number of aromatic nitrogens is 2. The molecule has 0 radical (unpaired) electrons. The van der Waals surface area contributed by atoms with Crippen molar-refractivity contribution in [1.82, 2.24) is 46.8 Å². The minimum Gasteiger partial charge on any atom is -0.480 e. The molecule has 1 aromatic heterocycles. The predicted octanol–water partition coefficient (Wildman–Crippen LogP) is -2.24. The summed E-state index contributed by atoms with van der Waals surface area (Å²) >= 11 is 0. The summed E-state index contributed by atoms with van der Waals surface area (Å²) in [6, 6.07) is -7.00. The van der Waals surface area contributed by atoms with E-state index in [1.807, 2.05) is 4.98 Å². The molecule has 3 aliphatic heterocycles. The molecule has 4 heterocycles. The molecular formula is C53H92N12O18. The Kier molecular flexibility index (Phi) is 29.2. The maximum atomic E-state index is 14.5. The van der Waals surface area contributed by atoms with Crippen LogP contribution >= 0.6 is 0 Å². The van der Waals surface area contributed by atoms with Gasteiger partial charge in [-0.3, -0.25) is 43.8 Å². The van der Waals surface area contributed by atoms with Crippen molar-refractivity contribution in [3.8, 4) is 0 Å². The standard InChI is InChI=1S/C53H92N12O18/c1-27(2)17-14-12-10-8-9-11-13-15-18-33(67)81-41(29(5)6)36(62-46(72)35(30-19-23-58-51(55)60-30)64-52(77)63-34(28(3)4)48(73)74)45(71)57-22-16-21-56-26-59-37(49(75)76)42(83-50-44(79-7)38(68)31(25-54)80-50)43-39(69)40(70)47(82-43)65-24-20-32(66)61-53(65)78/h20,24,27-31,34-44,47,50,56,59,68-70H,8-19,21-23,25-26,54H2,1-7H3,(H,57,71)(H,62,72)(H,73,74)(H,75,76)(H3,55,58,60)(H,61,66,78)(H2,63,64,77)/t30-,31+,34-,35-,36-,37?,38+,39-,40+,41+,42?,43?,44+,47+,50-/m0/s1. The number of aromatic amines is 1. The van der Waals surface area contributed by atoms with Crippen LogP contribution in [0.2, 0.25) is 0 Å². The van der Waals surface area contributed by atoms with E-state index in [1.54, 1.807) is 27.7 Å². The number of carboxylic acid groups (broad SMARTS) is 2. The highest BCUT2D eigenvalue weighted by Gasteiger charge is 2.54. The third-order valence-electron chi connectivity index (χ3n) is 14.7. The first-order valence-electron chi connectivity index (χ1n) is 28.8. The Bertz CT molecular complexity index is 2380. The molecule has 0 bridgehead atoms. The fraction of sp³-hybridized carbons (Fsp3) is 0.792. The second kappa shape index (κ2) is 34.8. The van der Waals surface area contributed by atoms with Crippen LogP contribution in [-0.2, 0) is 47.7 Å². The number of hydrogen-bond donors (Lipinski definition) is 15. The molecule has 30 heteroatoms. The van der Waals surface area contributed by atoms with Gasteiger partial charge in [-0.05, 0) is 43.6 Å². The summed E-state index contributed by atoms with van der Waals surface area (Å²) in [6.07, 6.45) is -4.51. The van der Waals surface area contributed by atoms with Gasteiger partial charge in [0, 0.05) is 52.1 Å². The van der Waals surface area contributed by atoms with Crippen molar-refractivity contribution in [3.05, 3.63) is 33.1 Å². The molecule has 30 nitrogen and oxygen atoms in total. The molecule has 1 aromatic rings. The number of ether oxygens (including phenoxy) is 5. The number of guanidine groups is 1. The molecule has 17 N–H and O–H groups in total. The van der Waals surface area contributed by atoms with Crippen LogP contribution in [0.15, 0.2) is 26.8 Å². The molecule has 0 aliphatic carbocycles. The number of aliphatic hydroxyl groups is 3. The number of hydrogen-bond acceptors (Lipinski definition) is 22. The molecule has 3 unspecified atom stereocenters. The van der Waals surface area contributed by atoms with Gasteiger partial charge in [-0.15, -0.1) is 0 Å². The summed E-state index contributed by atoms with van der Waals surface area (Å²) < 4.78 is 30.0. The van der Waals surface area contributed by atoms with Crippen molar-refractivity contribution >= 4 is 41.7 Å². The van der Waals surface area contributed by atoms with E-state index in [-0.39, 0.29) is 58.1 Å². The topological polar surface area (TPSA) is 453 Å². The Labute approximate surface area is 482 Å². The first-order chi connectivity index (χ1) is 39.4. The van der Waals surface area contributed by atoms with Crippen LogP contribution in [0.3, 0.4) is 0 Å². The van der Waals surface area contributed by atoms with Gasteiger partial charge in [0.05, 0.1) is 6.04 Å². The Balaban J connectivity index is 1.49. The molecular weight excluding hydrogens is 1090 g/mol. The Morgan fingerprint density at radius 3 is 2.06 bits per heavy atom. The van der Waals surface area contributed by atoms with Crippen LogP contribution < -0.4 is 59.9 Å². The van der Waals surface area contributed by atoms with E-state index in [0.717, 1.165) is 48.9 Å². The molecule has 0 spiro atoms. The van der Waals surface area contributed by atoms with Crippen molar-refractivity contribution < 1.29 is 78.0 Å². The maximum absolute atomic E-state index is 14.5. The highest BCUT2D eigenvalue weighted by Crippen LogP contribution is 2.35. The van der Waals surface area contributed by atoms with Crippen molar-refractivity contribution in [2.75, 3.05) is 40.0 Å². The van der Waals surface area contributed by atoms with Gasteiger partial charge in [-0.25, -0.2) is 14.4 Å². The average molecular weight is 1190 g/mol. The number of aliphatic imine (C=N–C) groups is 1. The van der Waals surface area contributed by atoms with Crippen molar-refractivity contribution in [2.24, 2.45) is 34.2 Å². The highest BCUT2D eigenvalue weighted by molar-refractivity contribution is 5.94. The predicted molar refractivity (Wildman–Crippen MR) is 299 cm³/mol. The number of esters is 1. The zero-order chi connectivity index (χ0) is 61.5. The summed E-state index contributed by atoms with van der Waals surface area (Å²) in [5.74, 6) is -5.52.